The second kappa shape index (κ2) is 20.1. The Labute approximate surface area is 220 Å². The monoisotopic (exact) mass is 546 g/mol. The molecule has 0 amide bonds. The first kappa shape index (κ1) is 30.9. The summed E-state index contributed by atoms with van der Waals surface area (Å²) in [5, 5.41) is 0.366. The predicted octanol–water partition coefficient (Wildman–Crippen LogP) is 8.85. The van der Waals surface area contributed by atoms with Gasteiger partial charge in [0.15, 0.2) is 11.6 Å². The molecule has 2 aromatic carbocycles. The number of benzene rings is 2. The molecule has 0 atom stereocenters. The molecule has 0 heterocycles. The van der Waals surface area contributed by atoms with Crippen LogP contribution < -0.4 is 9.47 Å². The maximum absolute atomic E-state index is 11.4. The number of unbranched alkanes of at least 4 members (excludes halogenated alkanes) is 8. The van der Waals surface area contributed by atoms with Crippen molar-refractivity contribution in [3.63, 3.8) is 0 Å². The summed E-state index contributed by atoms with van der Waals surface area (Å²) in [6.07, 6.45) is 12.4. The second-order valence-corrected chi connectivity index (χ2v) is 9.25. The molecule has 194 valence electrons. The molecule has 2 rings (SSSR count). The highest BCUT2D eigenvalue weighted by Gasteiger charge is 2.03. The van der Waals surface area contributed by atoms with Crippen LogP contribution in [0.25, 0.3) is 0 Å². The van der Waals surface area contributed by atoms with Gasteiger partial charge in [-0.1, -0.05) is 81.1 Å². The van der Waals surface area contributed by atoms with Gasteiger partial charge in [0.2, 0.25) is 0 Å². The van der Waals surface area contributed by atoms with E-state index in [9.17, 15) is 9.59 Å². The number of carbonyl (C=O) groups excluding carboxylic acids is 2. The van der Waals surface area contributed by atoms with Gasteiger partial charge in [-0.2, -0.15) is 0 Å². The Bertz CT molecular complexity index is 815. The normalized spacial score (nSPS) is 10.3. The third-order valence-corrected chi connectivity index (χ3v) is 6.10. The van der Waals surface area contributed by atoms with Crippen LogP contribution in [-0.2, 0) is 0 Å². The maximum atomic E-state index is 11.4. The van der Waals surface area contributed by atoms with Crippen molar-refractivity contribution in [3.8, 4) is 11.5 Å². The number of ketones is 2. The van der Waals surface area contributed by atoms with Gasteiger partial charge in [0, 0.05) is 11.1 Å². The van der Waals surface area contributed by atoms with Crippen LogP contribution in [0.2, 0.25) is 0 Å². The fourth-order valence-electron chi connectivity index (χ4n) is 3.39. The van der Waals surface area contributed by atoms with Crippen molar-refractivity contribution in [3.05, 3.63) is 59.7 Å². The highest BCUT2D eigenvalue weighted by Crippen LogP contribution is 2.15. The number of halogens is 1. The van der Waals surface area contributed by atoms with Crippen molar-refractivity contribution < 1.29 is 19.1 Å². The third kappa shape index (κ3) is 14.8. The molecular formula is C30H43BrO4. The molecule has 0 saturated heterocycles. The molecule has 0 N–H and O–H groups in total. The van der Waals surface area contributed by atoms with Crippen LogP contribution in [0.5, 0.6) is 11.5 Å². The first-order valence-corrected chi connectivity index (χ1v) is 14.2. The van der Waals surface area contributed by atoms with Gasteiger partial charge < -0.3 is 9.47 Å². The fourth-order valence-corrected chi connectivity index (χ4v) is 3.72. The van der Waals surface area contributed by atoms with E-state index in [1.807, 2.05) is 48.5 Å². The van der Waals surface area contributed by atoms with E-state index >= 15 is 0 Å². The smallest absolute Gasteiger partial charge is 0.173 e. The fraction of sp³-hybridized carbons (Fsp3) is 0.533. The molecule has 0 aliphatic heterocycles. The van der Waals surface area contributed by atoms with Crippen LogP contribution >= 0.6 is 15.9 Å². The Morgan fingerprint density at radius 1 is 0.629 bits per heavy atom. The molecule has 2 aromatic rings. The van der Waals surface area contributed by atoms with Crippen LogP contribution in [0.15, 0.2) is 48.5 Å². The minimum atomic E-state index is 0.0936. The highest BCUT2D eigenvalue weighted by atomic mass is 79.9. The summed E-state index contributed by atoms with van der Waals surface area (Å²) in [5.74, 6) is 1.89. The van der Waals surface area contributed by atoms with Gasteiger partial charge >= 0.3 is 0 Å². The van der Waals surface area contributed by atoms with Crippen molar-refractivity contribution in [2.75, 3.05) is 18.5 Å². The van der Waals surface area contributed by atoms with Crippen molar-refractivity contribution in [1.82, 2.24) is 0 Å². The average molecular weight is 548 g/mol. The van der Waals surface area contributed by atoms with Crippen molar-refractivity contribution in [2.24, 2.45) is 0 Å². The largest absolute Gasteiger partial charge is 0.494 e. The summed E-state index contributed by atoms with van der Waals surface area (Å²) < 4.78 is 11.2. The molecule has 0 radical (unpaired) electrons. The van der Waals surface area contributed by atoms with Crippen molar-refractivity contribution >= 4 is 27.5 Å². The van der Waals surface area contributed by atoms with E-state index in [1.165, 1.54) is 51.4 Å². The van der Waals surface area contributed by atoms with E-state index < -0.39 is 0 Å². The van der Waals surface area contributed by atoms with Crippen molar-refractivity contribution in [2.45, 2.75) is 85.0 Å². The quantitative estimate of drug-likeness (QED) is 0.113. The van der Waals surface area contributed by atoms with Gasteiger partial charge in [0.1, 0.15) is 11.5 Å². The molecular weight excluding hydrogens is 504 g/mol. The summed E-state index contributed by atoms with van der Waals surface area (Å²) in [6, 6.07) is 14.7. The Kier molecular flexibility index (Phi) is 17.7. The number of rotatable bonds is 17. The lowest BCUT2D eigenvalue weighted by molar-refractivity contribution is 0.101. The Hall–Kier alpha value is -2.14. The topological polar surface area (TPSA) is 52.6 Å². The highest BCUT2D eigenvalue weighted by molar-refractivity contribution is 9.09. The van der Waals surface area contributed by atoms with Gasteiger partial charge in [-0.3, -0.25) is 9.59 Å². The molecule has 0 spiro atoms. The van der Waals surface area contributed by atoms with Crippen LogP contribution in [0.1, 0.15) is 106 Å². The van der Waals surface area contributed by atoms with E-state index in [1.54, 1.807) is 6.92 Å². The SMILES string of the molecule is CCCCCCCOc1ccc(C(=O)CBr)cc1.CCCCCCCOc1ccc(C(C)=O)cc1. The molecule has 0 fully saturated rings. The molecule has 4 nitrogen and oxygen atoms in total. The number of alkyl halides is 1. The predicted molar refractivity (Wildman–Crippen MR) is 150 cm³/mol. The van der Waals surface area contributed by atoms with Gasteiger partial charge in [-0.15, -0.1) is 0 Å². The molecule has 0 aliphatic rings. The van der Waals surface area contributed by atoms with Crippen LogP contribution in [0.4, 0.5) is 0 Å². The molecule has 0 saturated carbocycles. The zero-order valence-corrected chi connectivity index (χ0v) is 23.4. The Morgan fingerprint density at radius 2 is 1.03 bits per heavy atom. The van der Waals surface area contributed by atoms with Crippen LogP contribution in [0.3, 0.4) is 0 Å². The number of ether oxygens (including phenoxy) is 2. The molecule has 0 aliphatic carbocycles. The second-order valence-electron chi connectivity index (χ2n) is 8.69. The van der Waals surface area contributed by atoms with Gasteiger partial charge in [-0.05, 0) is 68.3 Å². The first-order valence-electron chi connectivity index (χ1n) is 13.1. The summed E-state index contributed by atoms with van der Waals surface area (Å²) in [4.78, 5) is 22.5. The number of carbonyl (C=O) groups is 2. The van der Waals surface area contributed by atoms with E-state index in [-0.39, 0.29) is 11.6 Å². The zero-order chi connectivity index (χ0) is 25.7. The average Bonchev–Trinajstić information content (AvgIpc) is 2.88. The summed E-state index contributed by atoms with van der Waals surface area (Å²) >= 11 is 3.16. The molecule has 0 aromatic heterocycles. The zero-order valence-electron chi connectivity index (χ0n) is 21.8. The lowest BCUT2D eigenvalue weighted by atomic mass is 10.1. The van der Waals surface area contributed by atoms with Gasteiger partial charge in [0.05, 0.1) is 18.5 Å². The standard InChI is InChI=1S/C15H21BrO2.C15H22O2/c1-2-3-4-5-6-11-18-14-9-7-13(8-10-14)15(17)12-16;1-3-4-5-6-7-12-17-15-10-8-14(9-11-15)13(2)16/h7-10H,2-6,11-12H2,1H3;8-11H,3-7,12H2,1-2H3. The molecule has 0 unspecified atom stereocenters. The van der Waals surface area contributed by atoms with E-state index in [2.05, 4.69) is 29.8 Å². The van der Waals surface area contributed by atoms with Crippen LogP contribution in [0, 0.1) is 0 Å². The Balaban J connectivity index is 0.000000351. The van der Waals surface area contributed by atoms with Gasteiger partial charge in [0.25, 0.3) is 0 Å². The van der Waals surface area contributed by atoms with E-state index in [0.717, 1.165) is 48.7 Å². The third-order valence-electron chi connectivity index (χ3n) is 5.59. The molecule has 0 bridgehead atoms. The maximum Gasteiger partial charge on any atom is 0.173 e. The van der Waals surface area contributed by atoms with E-state index in [4.69, 9.17) is 9.47 Å². The minimum absolute atomic E-state index is 0.0936. The number of hydrogen-bond donors (Lipinski definition) is 0. The van der Waals surface area contributed by atoms with Crippen LogP contribution in [-0.4, -0.2) is 30.1 Å². The number of hydrogen-bond acceptors (Lipinski definition) is 4. The lowest BCUT2D eigenvalue weighted by Gasteiger charge is -2.06. The first-order chi connectivity index (χ1) is 17.0. The summed E-state index contributed by atoms with van der Waals surface area (Å²) in [5.41, 5.74) is 1.46. The molecule has 35 heavy (non-hydrogen) atoms. The van der Waals surface area contributed by atoms with E-state index in [0.29, 0.717) is 5.33 Å². The molecule has 5 heteroatoms. The summed E-state index contributed by atoms with van der Waals surface area (Å²) in [6.45, 7) is 7.53. The van der Waals surface area contributed by atoms with Gasteiger partial charge in [-0.25, -0.2) is 0 Å². The Morgan fingerprint density at radius 3 is 1.40 bits per heavy atom. The number of Topliss-reactive ketones (excluding diaryl/α,β-unsaturated/α-hetero) is 2. The van der Waals surface area contributed by atoms with Crippen molar-refractivity contribution in [1.29, 1.82) is 0 Å². The summed E-state index contributed by atoms with van der Waals surface area (Å²) in [7, 11) is 0. The minimum Gasteiger partial charge on any atom is -0.494 e. The lowest BCUT2D eigenvalue weighted by Crippen LogP contribution is -2.01.